The smallest absolute Gasteiger partial charge is 0.434 e. The summed E-state index contributed by atoms with van der Waals surface area (Å²) in [6.45, 7) is 0. The summed E-state index contributed by atoms with van der Waals surface area (Å²) in [7, 11) is 2.91. The third-order valence-electron chi connectivity index (χ3n) is 6.36. The lowest BCUT2D eigenvalue weighted by molar-refractivity contribution is -0.140. The molecule has 194 valence electrons. The van der Waals surface area contributed by atoms with Crippen molar-refractivity contribution in [2.45, 2.75) is 31.4 Å². The van der Waals surface area contributed by atoms with Crippen molar-refractivity contribution in [3.8, 4) is 28.7 Å². The van der Waals surface area contributed by atoms with E-state index in [1.165, 1.54) is 32.6 Å². The zero-order valence-electron chi connectivity index (χ0n) is 20.2. The van der Waals surface area contributed by atoms with E-state index in [4.69, 9.17) is 9.72 Å². The number of aryl methyl sites for hydroxylation is 1. The van der Waals surface area contributed by atoms with Gasteiger partial charge in [-0.25, -0.2) is 28.8 Å². The molecule has 1 aliphatic carbocycles. The van der Waals surface area contributed by atoms with Crippen LogP contribution in [0.4, 0.5) is 17.6 Å². The molecule has 38 heavy (non-hydrogen) atoms. The zero-order chi connectivity index (χ0) is 26.6. The first-order valence-electron chi connectivity index (χ1n) is 11.7. The first kappa shape index (κ1) is 23.9. The van der Waals surface area contributed by atoms with Gasteiger partial charge in [-0.1, -0.05) is 6.07 Å². The number of aromatic nitrogens is 8. The van der Waals surface area contributed by atoms with Crippen LogP contribution >= 0.6 is 0 Å². The van der Waals surface area contributed by atoms with Crippen LogP contribution in [0.15, 0.2) is 43.1 Å². The van der Waals surface area contributed by atoms with E-state index < -0.39 is 17.7 Å². The highest BCUT2D eigenvalue weighted by Crippen LogP contribution is 2.45. The van der Waals surface area contributed by atoms with Crippen molar-refractivity contribution < 1.29 is 22.3 Å². The summed E-state index contributed by atoms with van der Waals surface area (Å²) in [4.78, 5) is 21.4. The Hall–Kier alpha value is -4.42. The molecule has 4 aromatic heterocycles. The predicted octanol–water partition coefficient (Wildman–Crippen LogP) is 4.62. The maximum absolute atomic E-state index is 15.1. The summed E-state index contributed by atoms with van der Waals surface area (Å²) in [5.41, 5.74) is 1.92. The zero-order valence-corrected chi connectivity index (χ0v) is 20.2. The molecule has 0 bridgehead atoms. The van der Waals surface area contributed by atoms with Crippen molar-refractivity contribution in [2.24, 2.45) is 7.05 Å². The molecule has 13 heteroatoms. The highest BCUT2D eigenvalue weighted by molar-refractivity contribution is 5.68. The van der Waals surface area contributed by atoms with Gasteiger partial charge in [-0.2, -0.15) is 13.2 Å². The SMILES string of the molecule is COc1ncnc(C2CC2)c1-c1nc2c(Cc3ccc(-c4nc(C(F)(F)F)cn4C)c(F)c3)nccn2n1. The molecule has 0 unspecified atom stereocenters. The van der Waals surface area contributed by atoms with Gasteiger partial charge in [-0.3, -0.25) is 4.98 Å². The average Bonchev–Trinajstić information content (AvgIpc) is 3.51. The lowest BCUT2D eigenvalue weighted by Gasteiger charge is -2.08. The Bertz CT molecular complexity index is 1670. The van der Waals surface area contributed by atoms with Crippen LogP contribution in [0.2, 0.25) is 0 Å². The fourth-order valence-corrected chi connectivity index (χ4v) is 4.41. The Morgan fingerprint density at radius 2 is 1.92 bits per heavy atom. The number of rotatable bonds is 6. The molecular formula is C25H20F4N8O. The number of halogens is 4. The van der Waals surface area contributed by atoms with Gasteiger partial charge in [0.15, 0.2) is 17.2 Å². The maximum atomic E-state index is 15.1. The number of alkyl halides is 3. The Labute approximate surface area is 213 Å². The molecular weight excluding hydrogens is 504 g/mol. The van der Waals surface area contributed by atoms with Crippen molar-refractivity contribution in [1.29, 1.82) is 0 Å². The number of hydrogen-bond acceptors (Lipinski definition) is 7. The second-order valence-electron chi connectivity index (χ2n) is 9.04. The van der Waals surface area contributed by atoms with E-state index in [1.807, 2.05) is 0 Å². The highest BCUT2D eigenvalue weighted by atomic mass is 19.4. The van der Waals surface area contributed by atoms with Gasteiger partial charge in [-0.15, -0.1) is 5.10 Å². The number of imidazole rings is 1. The number of ether oxygens (including phenoxy) is 1. The van der Waals surface area contributed by atoms with Crippen LogP contribution in [0.1, 0.15) is 41.4 Å². The molecule has 0 aliphatic heterocycles. The summed E-state index contributed by atoms with van der Waals surface area (Å²) in [6, 6.07) is 4.30. The maximum Gasteiger partial charge on any atom is 0.434 e. The Balaban J connectivity index is 1.34. The molecule has 0 amide bonds. The molecule has 1 aliphatic rings. The van der Waals surface area contributed by atoms with Gasteiger partial charge >= 0.3 is 6.18 Å². The van der Waals surface area contributed by atoms with E-state index in [9.17, 15) is 13.2 Å². The third kappa shape index (κ3) is 4.23. The molecule has 1 fully saturated rings. The molecule has 0 radical (unpaired) electrons. The molecule has 0 saturated heterocycles. The van der Waals surface area contributed by atoms with E-state index in [0.29, 0.717) is 40.1 Å². The number of methoxy groups -OCH3 is 1. The molecule has 4 heterocycles. The third-order valence-corrected chi connectivity index (χ3v) is 6.36. The van der Waals surface area contributed by atoms with E-state index >= 15 is 4.39 Å². The molecule has 1 saturated carbocycles. The van der Waals surface area contributed by atoms with Crippen LogP contribution in [-0.2, 0) is 19.6 Å². The number of hydrogen-bond donors (Lipinski definition) is 0. The fraction of sp³-hybridized carbons (Fsp3) is 0.280. The van der Waals surface area contributed by atoms with Crippen LogP contribution in [0.3, 0.4) is 0 Å². The van der Waals surface area contributed by atoms with Crippen LogP contribution in [0.5, 0.6) is 5.88 Å². The summed E-state index contributed by atoms with van der Waals surface area (Å²) in [5.74, 6) is 0.273. The standard InChI is InChI=1S/C25H20F4N8O/c1-36-11-18(25(27,28)29)33-22(36)15-6-3-13(9-16(15)26)10-17-23-34-21(35-37(23)8-7-30-17)19-20(14-4-5-14)31-12-32-24(19)38-2/h3,6-9,11-12,14H,4-5,10H2,1-2H3. The summed E-state index contributed by atoms with van der Waals surface area (Å²) in [5, 5.41) is 4.60. The fourth-order valence-electron chi connectivity index (χ4n) is 4.41. The van der Waals surface area contributed by atoms with E-state index in [2.05, 4.69) is 25.0 Å². The van der Waals surface area contributed by atoms with Crippen LogP contribution in [-0.4, -0.2) is 46.2 Å². The minimum Gasteiger partial charge on any atom is -0.480 e. The van der Waals surface area contributed by atoms with Crippen molar-refractivity contribution in [2.75, 3.05) is 7.11 Å². The Morgan fingerprint density at radius 1 is 1.11 bits per heavy atom. The second kappa shape index (κ2) is 8.85. The Kier molecular flexibility index (Phi) is 5.58. The van der Waals surface area contributed by atoms with Gasteiger partial charge in [0.25, 0.3) is 0 Å². The summed E-state index contributed by atoms with van der Waals surface area (Å²) in [6.07, 6.45) is 3.15. The van der Waals surface area contributed by atoms with Crippen LogP contribution in [0, 0.1) is 5.82 Å². The van der Waals surface area contributed by atoms with Gasteiger partial charge in [0.05, 0.1) is 24.1 Å². The lowest BCUT2D eigenvalue weighted by atomic mass is 10.1. The predicted molar refractivity (Wildman–Crippen MR) is 127 cm³/mol. The highest BCUT2D eigenvalue weighted by Gasteiger charge is 2.35. The van der Waals surface area contributed by atoms with E-state index in [-0.39, 0.29) is 17.8 Å². The van der Waals surface area contributed by atoms with Gasteiger partial charge in [0, 0.05) is 38.0 Å². The molecule has 6 rings (SSSR count). The first-order chi connectivity index (χ1) is 18.2. The molecule has 1 aromatic carbocycles. The summed E-state index contributed by atoms with van der Waals surface area (Å²) >= 11 is 0. The molecule has 5 aromatic rings. The second-order valence-corrected chi connectivity index (χ2v) is 9.04. The number of nitrogens with zero attached hydrogens (tertiary/aromatic N) is 8. The first-order valence-corrected chi connectivity index (χ1v) is 11.7. The van der Waals surface area contributed by atoms with E-state index in [1.54, 1.807) is 23.0 Å². The minimum absolute atomic E-state index is 0.0357. The molecule has 9 nitrogen and oxygen atoms in total. The van der Waals surface area contributed by atoms with Gasteiger partial charge in [0.1, 0.15) is 23.5 Å². The quantitative estimate of drug-likeness (QED) is 0.299. The molecule has 0 spiro atoms. The van der Waals surface area contributed by atoms with Crippen molar-refractivity contribution in [1.82, 2.24) is 39.1 Å². The number of benzene rings is 1. The van der Waals surface area contributed by atoms with Crippen molar-refractivity contribution >= 4 is 5.65 Å². The minimum atomic E-state index is -4.62. The monoisotopic (exact) mass is 524 g/mol. The topological polar surface area (TPSA) is 95.9 Å². The largest absolute Gasteiger partial charge is 0.480 e. The van der Waals surface area contributed by atoms with Gasteiger partial charge < -0.3 is 9.30 Å². The van der Waals surface area contributed by atoms with Crippen molar-refractivity contribution in [3.05, 3.63) is 71.6 Å². The Morgan fingerprint density at radius 3 is 2.61 bits per heavy atom. The molecule has 0 N–H and O–H groups in total. The number of fused-ring (bicyclic) bond motifs is 1. The average molecular weight is 524 g/mol. The van der Waals surface area contributed by atoms with Crippen LogP contribution in [0.25, 0.3) is 28.4 Å². The van der Waals surface area contributed by atoms with Crippen LogP contribution < -0.4 is 4.74 Å². The lowest BCUT2D eigenvalue weighted by Crippen LogP contribution is -2.05. The normalized spacial score (nSPS) is 13.8. The molecule has 0 atom stereocenters. The van der Waals surface area contributed by atoms with E-state index in [0.717, 1.165) is 29.3 Å². The van der Waals surface area contributed by atoms with Gasteiger partial charge in [-0.05, 0) is 30.5 Å². The van der Waals surface area contributed by atoms with Crippen molar-refractivity contribution in [3.63, 3.8) is 0 Å². The summed E-state index contributed by atoms with van der Waals surface area (Å²) < 4.78 is 62.4. The van der Waals surface area contributed by atoms with Gasteiger partial charge in [0.2, 0.25) is 5.88 Å².